The molecule has 0 saturated carbocycles. The Labute approximate surface area is 151 Å². The lowest BCUT2D eigenvalue weighted by atomic mass is 10.1. The van der Waals surface area contributed by atoms with E-state index in [-0.39, 0.29) is 11.3 Å². The minimum absolute atomic E-state index is 0.0409. The molecule has 138 valence electrons. The molecule has 7 nitrogen and oxygen atoms in total. The number of carbonyl (C=O) groups is 2. The smallest absolute Gasteiger partial charge is 0.335 e. The SMILES string of the molecule is CCOc1cc(OCC)cc(C(=O)Nc2cc(C(=O)O)ccc2OC)c1. The Bertz CT molecular complexity index is 778. The summed E-state index contributed by atoms with van der Waals surface area (Å²) in [4.78, 5) is 23.8. The van der Waals surface area contributed by atoms with Crippen LogP contribution in [0.2, 0.25) is 0 Å². The van der Waals surface area contributed by atoms with Gasteiger partial charge in [0, 0.05) is 11.6 Å². The molecule has 0 spiro atoms. The Kier molecular flexibility index (Phi) is 6.43. The van der Waals surface area contributed by atoms with E-state index in [0.717, 1.165) is 0 Å². The summed E-state index contributed by atoms with van der Waals surface area (Å²) in [5, 5.41) is 11.8. The number of carboxylic acids is 1. The molecule has 0 bridgehead atoms. The molecule has 0 atom stereocenters. The second-order valence-electron chi connectivity index (χ2n) is 5.23. The van der Waals surface area contributed by atoms with E-state index in [2.05, 4.69) is 5.32 Å². The molecule has 2 N–H and O–H groups in total. The molecule has 7 heteroatoms. The number of hydrogen-bond acceptors (Lipinski definition) is 5. The van der Waals surface area contributed by atoms with E-state index < -0.39 is 11.9 Å². The monoisotopic (exact) mass is 359 g/mol. The highest BCUT2D eigenvalue weighted by Crippen LogP contribution is 2.28. The largest absolute Gasteiger partial charge is 0.495 e. The molecular formula is C19H21NO6. The molecule has 1 amide bonds. The van der Waals surface area contributed by atoms with Gasteiger partial charge in [0.2, 0.25) is 0 Å². The van der Waals surface area contributed by atoms with E-state index in [1.165, 1.54) is 25.3 Å². The maximum absolute atomic E-state index is 12.7. The fourth-order valence-corrected chi connectivity index (χ4v) is 2.34. The summed E-state index contributed by atoms with van der Waals surface area (Å²) in [5.74, 6) is -0.160. The number of rotatable bonds is 8. The Morgan fingerprint density at radius 2 is 1.58 bits per heavy atom. The summed E-state index contributed by atoms with van der Waals surface area (Å²) >= 11 is 0. The summed E-state index contributed by atoms with van der Waals surface area (Å²) in [6.45, 7) is 4.58. The number of carboxylic acid groups (broad SMARTS) is 1. The standard InChI is InChI=1S/C19H21NO6/c1-4-25-14-8-13(9-15(11-14)26-5-2)18(21)20-16-10-12(19(22)23)6-7-17(16)24-3/h6-11H,4-5H2,1-3H3,(H,20,21)(H,22,23). The molecule has 0 radical (unpaired) electrons. The number of methoxy groups -OCH3 is 1. The Morgan fingerprint density at radius 3 is 2.08 bits per heavy atom. The maximum Gasteiger partial charge on any atom is 0.335 e. The molecule has 0 heterocycles. The van der Waals surface area contributed by atoms with Crippen molar-refractivity contribution in [3.8, 4) is 17.2 Å². The van der Waals surface area contributed by atoms with Gasteiger partial charge >= 0.3 is 5.97 Å². The van der Waals surface area contributed by atoms with Crippen molar-refractivity contribution in [1.82, 2.24) is 0 Å². The number of hydrogen-bond donors (Lipinski definition) is 2. The van der Waals surface area contributed by atoms with Gasteiger partial charge in [-0.1, -0.05) is 0 Å². The first-order chi connectivity index (χ1) is 12.5. The zero-order valence-corrected chi connectivity index (χ0v) is 14.9. The van der Waals surface area contributed by atoms with Gasteiger partial charge in [0.15, 0.2) is 0 Å². The molecule has 0 fully saturated rings. The second-order valence-corrected chi connectivity index (χ2v) is 5.23. The van der Waals surface area contributed by atoms with E-state index in [1.807, 2.05) is 13.8 Å². The van der Waals surface area contributed by atoms with Crippen molar-refractivity contribution in [3.63, 3.8) is 0 Å². The highest BCUT2D eigenvalue weighted by Gasteiger charge is 2.15. The van der Waals surface area contributed by atoms with Gasteiger partial charge in [0.25, 0.3) is 5.91 Å². The average Bonchev–Trinajstić information content (AvgIpc) is 2.62. The fourth-order valence-electron chi connectivity index (χ4n) is 2.34. The molecular weight excluding hydrogens is 338 g/mol. The third kappa shape index (κ3) is 4.66. The Morgan fingerprint density at radius 1 is 0.962 bits per heavy atom. The molecule has 2 aromatic carbocycles. The van der Waals surface area contributed by atoms with Crippen molar-refractivity contribution in [2.45, 2.75) is 13.8 Å². The van der Waals surface area contributed by atoms with Gasteiger partial charge in [-0.2, -0.15) is 0 Å². The van der Waals surface area contributed by atoms with E-state index >= 15 is 0 Å². The second kappa shape index (κ2) is 8.75. The number of carbonyl (C=O) groups excluding carboxylic acids is 1. The van der Waals surface area contributed by atoms with Crippen molar-refractivity contribution in [3.05, 3.63) is 47.5 Å². The number of nitrogens with one attached hydrogen (secondary N) is 1. The molecule has 0 aromatic heterocycles. The van der Waals surface area contributed by atoms with E-state index in [4.69, 9.17) is 19.3 Å². The number of ether oxygens (including phenoxy) is 3. The van der Waals surface area contributed by atoms with Crippen LogP contribution in [0.3, 0.4) is 0 Å². The van der Waals surface area contributed by atoms with Crippen molar-refractivity contribution in [2.24, 2.45) is 0 Å². The van der Waals surface area contributed by atoms with Gasteiger partial charge in [-0.3, -0.25) is 4.79 Å². The quantitative estimate of drug-likeness (QED) is 0.750. The van der Waals surface area contributed by atoms with Crippen LogP contribution < -0.4 is 19.5 Å². The summed E-state index contributed by atoms with van der Waals surface area (Å²) in [5.41, 5.74) is 0.624. The van der Waals surface area contributed by atoms with Crippen molar-refractivity contribution < 1.29 is 28.9 Å². The first kappa shape index (κ1) is 19.1. The molecule has 2 aromatic rings. The van der Waals surface area contributed by atoms with Gasteiger partial charge in [-0.25, -0.2) is 4.79 Å². The number of aromatic carboxylic acids is 1. The van der Waals surface area contributed by atoms with Crippen LogP contribution in [0.25, 0.3) is 0 Å². The lowest BCUT2D eigenvalue weighted by Crippen LogP contribution is -2.14. The van der Waals surface area contributed by atoms with Gasteiger partial charge in [0.05, 0.1) is 31.6 Å². The minimum Gasteiger partial charge on any atom is -0.495 e. The summed E-state index contributed by atoms with van der Waals surface area (Å²) in [6, 6.07) is 9.12. The van der Waals surface area contributed by atoms with E-state index in [0.29, 0.717) is 36.0 Å². The highest BCUT2D eigenvalue weighted by atomic mass is 16.5. The molecule has 0 aliphatic rings. The zero-order chi connectivity index (χ0) is 19.1. The predicted octanol–water partition coefficient (Wildman–Crippen LogP) is 3.44. The first-order valence-corrected chi connectivity index (χ1v) is 8.11. The van der Waals surface area contributed by atoms with Crippen molar-refractivity contribution >= 4 is 17.6 Å². The Hall–Kier alpha value is -3.22. The number of anilines is 1. The minimum atomic E-state index is -1.10. The van der Waals surface area contributed by atoms with Crippen LogP contribution >= 0.6 is 0 Å². The van der Waals surface area contributed by atoms with Gasteiger partial charge < -0.3 is 24.6 Å². The zero-order valence-electron chi connectivity index (χ0n) is 14.9. The summed E-state index contributed by atoms with van der Waals surface area (Å²) < 4.78 is 16.1. The number of benzene rings is 2. The van der Waals surface area contributed by atoms with Crippen LogP contribution in [0.1, 0.15) is 34.6 Å². The third-order valence-electron chi connectivity index (χ3n) is 3.46. The molecule has 26 heavy (non-hydrogen) atoms. The van der Waals surface area contributed by atoms with Crippen LogP contribution in [-0.4, -0.2) is 37.3 Å². The highest BCUT2D eigenvalue weighted by molar-refractivity contribution is 6.06. The normalized spacial score (nSPS) is 10.1. The van der Waals surface area contributed by atoms with Crippen molar-refractivity contribution in [2.75, 3.05) is 25.6 Å². The Balaban J connectivity index is 2.34. The van der Waals surface area contributed by atoms with Gasteiger partial charge in [-0.15, -0.1) is 0 Å². The molecule has 0 aliphatic carbocycles. The van der Waals surface area contributed by atoms with E-state index in [1.54, 1.807) is 18.2 Å². The molecule has 0 aliphatic heterocycles. The van der Waals surface area contributed by atoms with Gasteiger partial charge in [-0.05, 0) is 44.2 Å². The van der Waals surface area contributed by atoms with Gasteiger partial charge in [0.1, 0.15) is 17.2 Å². The van der Waals surface area contributed by atoms with Crippen LogP contribution in [0.15, 0.2) is 36.4 Å². The molecule has 2 rings (SSSR count). The lowest BCUT2D eigenvalue weighted by molar-refractivity contribution is 0.0696. The third-order valence-corrected chi connectivity index (χ3v) is 3.46. The van der Waals surface area contributed by atoms with Crippen LogP contribution in [0, 0.1) is 0 Å². The average molecular weight is 359 g/mol. The summed E-state index contributed by atoms with van der Waals surface area (Å²) in [7, 11) is 1.44. The van der Waals surface area contributed by atoms with Crippen molar-refractivity contribution in [1.29, 1.82) is 0 Å². The predicted molar refractivity (Wildman–Crippen MR) is 96.7 cm³/mol. The first-order valence-electron chi connectivity index (χ1n) is 8.11. The van der Waals surface area contributed by atoms with Crippen LogP contribution in [-0.2, 0) is 0 Å². The van der Waals surface area contributed by atoms with Crippen LogP contribution in [0.4, 0.5) is 5.69 Å². The van der Waals surface area contributed by atoms with E-state index in [9.17, 15) is 9.59 Å². The maximum atomic E-state index is 12.7. The molecule has 0 unspecified atom stereocenters. The van der Waals surface area contributed by atoms with Crippen LogP contribution in [0.5, 0.6) is 17.2 Å². The number of amides is 1. The molecule has 0 saturated heterocycles. The lowest BCUT2D eigenvalue weighted by Gasteiger charge is -2.13. The fraction of sp³-hybridized carbons (Fsp3) is 0.263. The topological polar surface area (TPSA) is 94.1 Å². The summed E-state index contributed by atoms with van der Waals surface area (Å²) in [6.07, 6.45) is 0.